The first-order chi connectivity index (χ1) is 7.34. The lowest BCUT2D eigenvalue weighted by Gasteiger charge is -1.97. The third-order valence-corrected chi connectivity index (χ3v) is 2.27. The Balaban J connectivity index is 1.97. The summed E-state index contributed by atoms with van der Waals surface area (Å²) >= 11 is 0. The Morgan fingerprint density at radius 3 is 2.40 bits per heavy atom. The van der Waals surface area contributed by atoms with Gasteiger partial charge in [-0.1, -0.05) is 36.4 Å². The molecule has 0 aliphatic rings. The summed E-state index contributed by atoms with van der Waals surface area (Å²) < 4.78 is 2.13. The molecule has 75 valence electrons. The van der Waals surface area contributed by atoms with Crippen LogP contribution in [0.25, 0.3) is 6.08 Å². The zero-order valence-corrected chi connectivity index (χ0v) is 8.63. The number of rotatable bonds is 3. The van der Waals surface area contributed by atoms with Gasteiger partial charge in [-0.05, 0) is 30.2 Å². The maximum atomic E-state index is 3.85. The molecule has 0 bridgehead atoms. The molecule has 0 atom stereocenters. The largest absolute Gasteiger partial charge is 0.350 e. The molecular weight excluding hydrogens is 182 g/mol. The number of aromatic nitrogens is 1. The van der Waals surface area contributed by atoms with E-state index < -0.39 is 0 Å². The van der Waals surface area contributed by atoms with Gasteiger partial charge in [-0.2, -0.15) is 0 Å². The average Bonchev–Trinajstić information content (AvgIpc) is 2.74. The van der Waals surface area contributed by atoms with Gasteiger partial charge >= 0.3 is 0 Å². The molecule has 0 aliphatic carbocycles. The molecule has 1 heterocycles. The minimum absolute atomic E-state index is 0.916. The fourth-order valence-electron chi connectivity index (χ4n) is 1.43. The van der Waals surface area contributed by atoms with Gasteiger partial charge in [0.2, 0.25) is 0 Å². The first-order valence-corrected chi connectivity index (χ1v) is 5.04. The molecule has 1 aromatic heterocycles. The number of allylic oxidation sites excluding steroid dienone is 1. The van der Waals surface area contributed by atoms with Gasteiger partial charge in [0.15, 0.2) is 0 Å². The average molecular weight is 196 g/mol. The van der Waals surface area contributed by atoms with Gasteiger partial charge in [-0.25, -0.2) is 0 Å². The molecular formula is C14H14N. The molecule has 2 rings (SSSR count). The smallest absolute Gasteiger partial charge is 0.0403 e. The predicted molar refractivity (Wildman–Crippen MR) is 64.4 cm³/mol. The van der Waals surface area contributed by atoms with Crippen LogP contribution in [0.3, 0.4) is 0 Å². The van der Waals surface area contributed by atoms with Crippen molar-refractivity contribution in [1.82, 2.24) is 4.57 Å². The van der Waals surface area contributed by atoms with Crippen LogP contribution in [-0.4, -0.2) is 4.57 Å². The van der Waals surface area contributed by atoms with Crippen molar-refractivity contribution < 1.29 is 0 Å². The Labute approximate surface area is 90.7 Å². The van der Waals surface area contributed by atoms with Crippen molar-refractivity contribution >= 4 is 6.08 Å². The third-order valence-electron chi connectivity index (χ3n) is 2.27. The highest BCUT2D eigenvalue weighted by Crippen LogP contribution is 2.05. The van der Waals surface area contributed by atoms with Crippen molar-refractivity contribution in [2.45, 2.75) is 6.54 Å². The Bertz CT molecular complexity index is 421. The second-order valence-electron chi connectivity index (χ2n) is 3.52. The van der Waals surface area contributed by atoms with Gasteiger partial charge in [0.05, 0.1) is 0 Å². The molecule has 0 fully saturated rings. The monoisotopic (exact) mass is 196 g/mol. The minimum atomic E-state index is 0.916. The molecule has 15 heavy (non-hydrogen) atoms. The summed E-state index contributed by atoms with van der Waals surface area (Å²) in [7, 11) is 0. The first-order valence-electron chi connectivity index (χ1n) is 5.04. The van der Waals surface area contributed by atoms with E-state index in [1.54, 1.807) is 0 Å². The van der Waals surface area contributed by atoms with Crippen molar-refractivity contribution in [3.05, 3.63) is 72.9 Å². The maximum Gasteiger partial charge on any atom is 0.0403 e. The van der Waals surface area contributed by atoms with E-state index in [0.29, 0.717) is 0 Å². The second-order valence-corrected chi connectivity index (χ2v) is 3.52. The first kappa shape index (κ1) is 9.78. The fraction of sp³-hybridized carbons (Fsp3) is 0.0714. The number of benzene rings is 1. The van der Waals surface area contributed by atoms with Crippen LogP contribution in [0.15, 0.2) is 54.9 Å². The quantitative estimate of drug-likeness (QED) is 0.709. The van der Waals surface area contributed by atoms with Gasteiger partial charge in [0.1, 0.15) is 0 Å². The summed E-state index contributed by atoms with van der Waals surface area (Å²) in [5, 5.41) is 0. The lowest BCUT2D eigenvalue weighted by Crippen LogP contribution is -1.88. The summed E-state index contributed by atoms with van der Waals surface area (Å²) in [5.74, 6) is 0. The van der Waals surface area contributed by atoms with Crippen LogP contribution in [0.2, 0.25) is 0 Å². The van der Waals surface area contributed by atoms with E-state index in [1.165, 1.54) is 5.56 Å². The molecule has 0 N–H and O–H groups in total. The van der Waals surface area contributed by atoms with E-state index in [1.807, 2.05) is 24.3 Å². The summed E-state index contributed by atoms with van der Waals surface area (Å²) in [5.41, 5.74) is 2.27. The second kappa shape index (κ2) is 4.65. The van der Waals surface area contributed by atoms with Crippen LogP contribution in [0, 0.1) is 6.92 Å². The van der Waals surface area contributed by atoms with Crippen LogP contribution in [-0.2, 0) is 6.54 Å². The standard InChI is InChI=1S/C14H14N/c1-13-6-8-14(9-7-13)5-4-12-15-10-2-3-11-15/h2-11H,1,12H2/b5-4+. The van der Waals surface area contributed by atoms with Gasteiger partial charge in [0.25, 0.3) is 0 Å². The number of nitrogens with zero attached hydrogens (tertiary/aromatic N) is 1. The summed E-state index contributed by atoms with van der Waals surface area (Å²) in [4.78, 5) is 0. The van der Waals surface area contributed by atoms with Crippen LogP contribution in [0.4, 0.5) is 0 Å². The lowest BCUT2D eigenvalue weighted by atomic mass is 10.1. The zero-order chi connectivity index (χ0) is 10.5. The normalized spacial score (nSPS) is 11.0. The molecule has 2 aromatic rings. The van der Waals surface area contributed by atoms with Gasteiger partial charge in [-0.15, -0.1) is 0 Å². The van der Waals surface area contributed by atoms with Gasteiger partial charge in [-0.3, -0.25) is 0 Å². The molecule has 0 saturated heterocycles. The van der Waals surface area contributed by atoms with E-state index in [2.05, 4.69) is 48.2 Å². The summed E-state index contributed by atoms with van der Waals surface area (Å²) in [6.07, 6.45) is 8.39. The van der Waals surface area contributed by atoms with Gasteiger partial charge < -0.3 is 4.57 Å². The highest BCUT2D eigenvalue weighted by Gasteiger charge is 1.86. The van der Waals surface area contributed by atoms with Gasteiger partial charge in [0, 0.05) is 18.9 Å². The molecule has 0 unspecified atom stereocenters. The molecule has 0 aliphatic heterocycles. The summed E-state index contributed by atoms with van der Waals surface area (Å²) in [6.45, 7) is 4.77. The van der Waals surface area contributed by atoms with E-state index in [-0.39, 0.29) is 0 Å². The van der Waals surface area contributed by atoms with E-state index in [4.69, 9.17) is 0 Å². The van der Waals surface area contributed by atoms with E-state index >= 15 is 0 Å². The highest BCUT2D eigenvalue weighted by atomic mass is 14.9. The molecule has 0 spiro atoms. The predicted octanol–water partition coefficient (Wildman–Crippen LogP) is 3.38. The fourth-order valence-corrected chi connectivity index (χ4v) is 1.43. The summed E-state index contributed by atoms with van der Waals surface area (Å²) in [6, 6.07) is 12.3. The van der Waals surface area contributed by atoms with Crippen molar-refractivity contribution in [1.29, 1.82) is 0 Å². The van der Waals surface area contributed by atoms with Crippen molar-refractivity contribution in [2.75, 3.05) is 0 Å². The Hall–Kier alpha value is -1.76. The highest BCUT2D eigenvalue weighted by molar-refractivity contribution is 5.49. The van der Waals surface area contributed by atoms with Crippen LogP contribution in [0.5, 0.6) is 0 Å². The maximum absolute atomic E-state index is 3.85. The number of hydrogen-bond acceptors (Lipinski definition) is 0. The molecule has 1 heteroatoms. The molecule has 1 aromatic carbocycles. The minimum Gasteiger partial charge on any atom is -0.350 e. The molecule has 0 amide bonds. The van der Waals surface area contributed by atoms with Crippen molar-refractivity contribution in [2.24, 2.45) is 0 Å². The van der Waals surface area contributed by atoms with Crippen molar-refractivity contribution in [3.8, 4) is 0 Å². The molecule has 1 nitrogen and oxygen atoms in total. The molecule has 1 radical (unpaired) electrons. The SMILES string of the molecule is [CH2]c1ccc(/C=C/Cn2cccc2)cc1. The zero-order valence-electron chi connectivity index (χ0n) is 8.63. The van der Waals surface area contributed by atoms with Crippen LogP contribution < -0.4 is 0 Å². The topological polar surface area (TPSA) is 4.93 Å². The Kier molecular flexibility index (Phi) is 3.03. The Morgan fingerprint density at radius 2 is 1.73 bits per heavy atom. The lowest BCUT2D eigenvalue weighted by molar-refractivity contribution is 0.833. The van der Waals surface area contributed by atoms with Crippen LogP contribution >= 0.6 is 0 Å². The van der Waals surface area contributed by atoms with Crippen LogP contribution in [0.1, 0.15) is 11.1 Å². The van der Waals surface area contributed by atoms with E-state index in [0.717, 1.165) is 12.1 Å². The third kappa shape index (κ3) is 2.84. The molecule has 0 saturated carbocycles. The van der Waals surface area contributed by atoms with Crippen molar-refractivity contribution in [3.63, 3.8) is 0 Å². The van der Waals surface area contributed by atoms with E-state index in [9.17, 15) is 0 Å². The Morgan fingerprint density at radius 1 is 1.07 bits per heavy atom. The number of hydrogen-bond donors (Lipinski definition) is 0.